The topological polar surface area (TPSA) is 63.3 Å². The molecule has 0 aliphatic carbocycles. The Morgan fingerprint density at radius 2 is 1.87 bits per heavy atom. The Bertz CT molecular complexity index is 367. The van der Waals surface area contributed by atoms with Gasteiger partial charge >= 0.3 is 5.97 Å². The van der Waals surface area contributed by atoms with Crippen LogP contribution in [0.15, 0.2) is 24.3 Å². The lowest BCUT2D eigenvalue weighted by Crippen LogP contribution is -2.45. The van der Waals surface area contributed by atoms with Gasteiger partial charge in [0.25, 0.3) is 5.92 Å². The van der Waals surface area contributed by atoms with Crippen molar-refractivity contribution in [2.24, 2.45) is 5.73 Å². The number of alkyl halides is 2. The Kier molecular flexibility index (Phi) is 3.61. The number of carboxylic acids is 1. The Labute approximate surface area is 98.4 Å². The van der Waals surface area contributed by atoms with Crippen LogP contribution in [0.25, 0.3) is 0 Å². The number of aliphatic carboxylic acids is 1. The minimum Gasteiger partial charge on any atom is -0.480 e. The molecule has 0 amide bonds. The Hall–Kier alpha value is -0.760. The quantitative estimate of drug-likeness (QED) is 0.832. The number of benzene rings is 1. The first-order chi connectivity index (χ1) is 6.85. The zero-order valence-electron chi connectivity index (χ0n) is 7.45. The summed E-state index contributed by atoms with van der Waals surface area (Å²) in [5, 5.41) is 8.43. The molecule has 1 aromatic rings. The molecule has 15 heavy (non-hydrogen) atoms. The number of nitrogens with two attached hydrogens (primary N) is 1. The third-order valence-corrected chi connectivity index (χ3v) is 2.60. The molecule has 0 radical (unpaired) electrons. The smallest absolute Gasteiger partial charge is 0.327 e. The van der Waals surface area contributed by atoms with E-state index in [0.717, 1.165) is 3.57 Å². The number of halogens is 3. The summed E-state index contributed by atoms with van der Waals surface area (Å²) < 4.78 is 27.6. The van der Waals surface area contributed by atoms with Crippen molar-refractivity contribution in [3.63, 3.8) is 0 Å². The summed E-state index contributed by atoms with van der Waals surface area (Å²) >= 11 is 1.96. The van der Waals surface area contributed by atoms with Gasteiger partial charge in [0, 0.05) is 9.13 Å². The summed E-state index contributed by atoms with van der Waals surface area (Å²) in [4.78, 5) is 10.4. The Balaban J connectivity index is 3.05. The minimum absolute atomic E-state index is 0.391. The lowest BCUT2D eigenvalue weighted by Gasteiger charge is -2.20. The van der Waals surface area contributed by atoms with Crippen LogP contribution in [-0.4, -0.2) is 17.1 Å². The summed E-state index contributed by atoms with van der Waals surface area (Å²) in [6.07, 6.45) is 0. The van der Waals surface area contributed by atoms with Crippen LogP contribution >= 0.6 is 22.6 Å². The van der Waals surface area contributed by atoms with Gasteiger partial charge in [-0.2, -0.15) is 8.78 Å². The molecule has 82 valence electrons. The van der Waals surface area contributed by atoms with E-state index >= 15 is 0 Å². The van der Waals surface area contributed by atoms with E-state index in [1.54, 1.807) is 0 Å². The van der Waals surface area contributed by atoms with Crippen LogP contribution in [0, 0.1) is 3.57 Å². The maximum atomic E-state index is 13.4. The monoisotopic (exact) mass is 327 g/mol. The molecule has 6 heteroatoms. The van der Waals surface area contributed by atoms with Crippen molar-refractivity contribution >= 4 is 28.6 Å². The fraction of sp³-hybridized carbons (Fsp3) is 0.222. The number of carbonyl (C=O) groups is 1. The molecular weight excluding hydrogens is 319 g/mol. The molecule has 1 aromatic carbocycles. The average Bonchev–Trinajstić information content (AvgIpc) is 2.17. The standard InChI is InChI=1S/C9H8F2INO2/c10-9(11,7(13)8(14)15)5-1-3-6(12)4-2-5/h1-4,7H,13H2,(H,14,15). The fourth-order valence-corrected chi connectivity index (χ4v) is 1.37. The molecule has 0 aliphatic heterocycles. The Morgan fingerprint density at radius 3 is 2.27 bits per heavy atom. The van der Waals surface area contributed by atoms with Gasteiger partial charge in [-0.1, -0.05) is 12.1 Å². The van der Waals surface area contributed by atoms with Crippen LogP contribution in [0.3, 0.4) is 0 Å². The van der Waals surface area contributed by atoms with Crippen molar-refractivity contribution in [2.45, 2.75) is 12.0 Å². The lowest BCUT2D eigenvalue weighted by molar-refractivity contribution is -0.149. The maximum Gasteiger partial charge on any atom is 0.327 e. The normalized spacial score (nSPS) is 13.6. The largest absolute Gasteiger partial charge is 0.480 e. The summed E-state index contributed by atoms with van der Waals surface area (Å²) in [6.45, 7) is 0. The second-order valence-corrected chi connectivity index (χ2v) is 4.19. The van der Waals surface area contributed by atoms with Crippen molar-refractivity contribution in [1.82, 2.24) is 0 Å². The third-order valence-electron chi connectivity index (χ3n) is 1.89. The highest BCUT2D eigenvalue weighted by Crippen LogP contribution is 2.31. The van der Waals surface area contributed by atoms with E-state index in [9.17, 15) is 13.6 Å². The molecule has 0 aromatic heterocycles. The summed E-state index contributed by atoms with van der Waals surface area (Å²) in [6, 6.07) is 3.06. The molecule has 1 rings (SSSR count). The number of carboxylic acid groups (broad SMARTS) is 1. The second-order valence-electron chi connectivity index (χ2n) is 2.95. The van der Waals surface area contributed by atoms with Crippen molar-refractivity contribution in [1.29, 1.82) is 0 Å². The lowest BCUT2D eigenvalue weighted by atomic mass is 10.0. The van der Waals surface area contributed by atoms with E-state index in [2.05, 4.69) is 0 Å². The maximum absolute atomic E-state index is 13.4. The molecule has 0 heterocycles. The van der Waals surface area contributed by atoms with Crippen molar-refractivity contribution in [3.8, 4) is 0 Å². The molecule has 0 fully saturated rings. The van der Waals surface area contributed by atoms with Gasteiger partial charge in [0.05, 0.1) is 0 Å². The van der Waals surface area contributed by atoms with Crippen LogP contribution in [0.4, 0.5) is 8.78 Å². The molecule has 0 aliphatic rings. The Morgan fingerprint density at radius 1 is 1.40 bits per heavy atom. The first-order valence-electron chi connectivity index (χ1n) is 3.98. The highest BCUT2D eigenvalue weighted by molar-refractivity contribution is 14.1. The molecule has 1 unspecified atom stereocenters. The van der Waals surface area contributed by atoms with E-state index in [4.69, 9.17) is 10.8 Å². The predicted molar refractivity (Wildman–Crippen MR) is 58.7 cm³/mol. The van der Waals surface area contributed by atoms with Crippen LogP contribution in [0.1, 0.15) is 5.56 Å². The van der Waals surface area contributed by atoms with Gasteiger partial charge in [-0.3, -0.25) is 4.79 Å². The van der Waals surface area contributed by atoms with Gasteiger partial charge in [-0.25, -0.2) is 0 Å². The van der Waals surface area contributed by atoms with Gasteiger partial charge in [0.1, 0.15) is 0 Å². The van der Waals surface area contributed by atoms with E-state index < -0.39 is 23.5 Å². The number of rotatable bonds is 3. The molecule has 0 bridgehead atoms. The van der Waals surface area contributed by atoms with E-state index in [-0.39, 0.29) is 0 Å². The predicted octanol–water partition coefficient (Wildman–Crippen LogP) is 1.79. The minimum atomic E-state index is -3.56. The molecule has 3 N–H and O–H groups in total. The molecule has 1 atom stereocenters. The second kappa shape index (κ2) is 4.40. The number of hydrogen-bond donors (Lipinski definition) is 2. The molecule has 0 spiro atoms. The van der Waals surface area contributed by atoms with Crippen LogP contribution in [-0.2, 0) is 10.7 Å². The third kappa shape index (κ3) is 2.63. The van der Waals surface area contributed by atoms with Gasteiger partial charge in [-0.05, 0) is 34.7 Å². The van der Waals surface area contributed by atoms with Gasteiger partial charge in [0.2, 0.25) is 0 Å². The summed E-state index contributed by atoms with van der Waals surface area (Å²) in [5.41, 5.74) is 4.52. The van der Waals surface area contributed by atoms with E-state index in [0.29, 0.717) is 0 Å². The summed E-state index contributed by atoms with van der Waals surface area (Å²) in [7, 11) is 0. The fourth-order valence-electron chi connectivity index (χ4n) is 1.01. The van der Waals surface area contributed by atoms with Crippen LogP contribution in [0.5, 0.6) is 0 Å². The molecular formula is C9H8F2INO2. The van der Waals surface area contributed by atoms with Gasteiger partial charge < -0.3 is 10.8 Å². The molecule has 0 saturated carbocycles. The van der Waals surface area contributed by atoms with Gasteiger partial charge in [-0.15, -0.1) is 0 Å². The first-order valence-corrected chi connectivity index (χ1v) is 5.06. The molecule has 3 nitrogen and oxygen atoms in total. The van der Waals surface area contributed by atoms with Crippen molar-refractivity contribution in [2.75, 3.05) is 0 Å². The van der Waals surface area contributed by atoms with Crippen molar-refractivity contribution < 1.29 is 18.7 Å². The summed E-state index contributed by atoms with van der Waals surface area (Å²) in [5.74, 6) is -5.28. The van der Waals surface area contributed by atoms with E-state index in [1.807, 2.05) is 22.6 Å². The number of hydrogen-bond acceptors (Lipinski definition) is 2. The highest BCUT2D eigenvalue weighted by Gasteiger charge is 2.43. The highest BCUT2D eigenvalue weighted by atomic mass is 127. The zero-order valence-corrected chi connectivity index (χ0v) is 9.61. The average molecular weight is 327 g/mol. The van der Waals surface area contributed by atoms with Crippen molar-refractivity contribution in [3.05, 3.63) is 33.4 Å². The molecule has 0 saturated heterocycles. The van der Waals surface area contributed by atoms with Crippen LogP contribution < -0.4 is 5.73 Å². The SMILES string of the molecule is NC(C(=O)O)C(F)(F)c1ccc(I)cc1. The van der Waals surface area contributed by atoms with Crippen LogP contribution in [0.2, 0.25) is 0 Å². The zero-order chi connectivity index (χ0) is 11.6. The van der Waals surface area contributed by atoms with Gasteiger partial charge in [0.15, 0.2) is 6.04 Å². The van der Waals surface area contributed by atoms with E-state index in [1.165, 1.54) is 24.3 Å². The first kappa shape index (κ1) is 12.3.